The van der Waals surface area contributed by atoms with Gasteiger partial charge in [-0.05, 0) is 52.5 Å². The van der Waals surface area contributed by atoms with Crippen molar-refractivity contribution in [2.24, 2.45) is 0 Å². The van der Waals surface area contributed by atoms with E-state index in [2.05, 4.69) is 44.2 Å². The van der Waals surface area contributed by atoms with Gasteiger partial charge in [-0.15, -0.1) is 0 Å². The number of esters is 1. The third-order valence-electron chi connectivity index (χ3n) is 5.44. The number of halogens is 1. The molecule has 0 amide bonds. The highest BCUT2D eigenvalue weighted by molar-refractivity contribution is 9.10. The molecule has 170 valence electrons. The zero-order valence-corrected chi connectivity index (χ0v) is 20.3. The summed E-state index contributed by atoms with van der Waals surface area (Å²) in [6.07, 6.45) is 7.90. The van der Waals surface area contributed by atoms with Crippen LogP contribution in [0, 0.1) is 0 Å². The predicted molar refractivity (Wildman–Crippen MR) is 132 cm³/mol. The molecular formula is C25H25BrN4O3. The first-order valence-corrected chi connectivity index (χ1v) is 11.5. The van der Waals surface area contributed by atoms with Gasteiger partial charge in [0.25, 0.3) is 0 Å². The van der Waals surface area contributed by atoms with Gasteiger partial charge in [0.05, 0.1) is 35.7 Å². The van der Waals surface area contributed by atoms with Crippen LogP contribution in [0.25, 0.3) is 10.9 Å². The predicted octanol–water partition coefficient (Wildman–Crippen LogP) is 5.73. The highest BCUT2D eigenvalue weighted by atomic mass is 79.9. The maximum Gasteiger partial charge on any atom is 0.341 e. The summed E-state index contributed by atoms with van der Waals surface area (Å²) < 4.78 is 13.5. The minimum atomic E-state index is -0.422. The van der Waals surface area contributed by atoms with E-state index in [0.29, 0.717) is 29.1 Å². The fraction of sp³-hybridized carbons (Fsp3) is 0.240. The molecule has 7 nitrogen and oxygen atoms in total. The third-order valence-corrected chi connectivity index (χ3v) is 6.05. The number of pyridine rings is 1. The molecule has 0 bridgehead atoms. The third kappa shape index (κ3) is 4.71. The lowest BCUT2D eigenvalue weighted by Gasteiger charge is -2.19. The Morgan fingerprint density at radius 2 is 2.09 bits per heavy atom. The summed E-state index contributed by atoms with van der Waals surface area (Å²) in [5.41, 5.74) is 5.01. The SMILES string of the molecule is CCOC(=O)c1cnc2cc(OC)c(Br)cc2c1Nc1cccc(Cn2ccnc2)c1CC. The molecule has 4 rings (SSSR count). The number of anilines is 2. The summed E-state index contributed by atoms with van der Waals surface area (Å²) in [5, 5.41) is 4.32. The summed E-state index contributed by atoms with van der Waals surface area (Å²) in [6, 6.07) is 9.90. The zero-order chi connectivity index (χ0) is 23.4. The number of benzene rings is 2. The summed E-state index contributed by atoms with van der Waals surface area (Å²) in [7, 11) is 1.61. The van der Waals surface area contributed by atoms with Gasteiger partial charge in [0, 0.05) is 42.3 Å². The van der Waals surface area contributed by atoms with Crippen LogP contribution in [0.2, 0.25) is 0 Å². The van der Waals surface area contributed by atoms with Crippen molar-refractivity contribution in [3.63, 3.8) is 0 Å². The second-order valence-electron chi connectivity index (χ2n) is 7.43. The van der Waals surface area contributed by atoms with Gasteiger partial charge in [-0.1, -0.05) is 19.1 Å². The number of carbonyl (C=O) groups excluding carboxylic acids is 1. The van der Waals surface area contributed by atoms with Crippen molar-refractivity contribution in [3.8, 4) is 5.75 Å². The first-order chi connectivity index (χ1) is 16.0. The normalized spacial score (nSPS) is 10.9. The van der Waals surface area contributed by atoms with Crippen LogP contribution in [-0.2, 0) is 17.7 Å². The smallest absolute Gasteiger partial charge is 0.341 e. The summed E-state index contributed by atoms with van der Waals surface area (Å²) >= 11 is 3.56. The average Bonchev–Trinajstić information content (AvgIpc) is 3.32. The number of methoxy groups -OCH3 is 1. The molecule has 0 saturated heterocycles. The number of hydrogen-bond donors (Lipinski definition) is 1. The molecule has 2 aromatic carbocycles. The molecule has 0 aliphatic rings. The Morgan fingerprint density at radius 3 is 2.79 bits per heavy atom. The summed E-state index contributed by atoms with van der Waals surface area (Å²) in [6.45, 7) is 4.90. The average molecular weight is 509 g/mol. The van der Waals surface area contributed by atoms with Gasteiger partial charge in [0.15, 0.2) is 0 Å². The molecule has 2 heterocycles. The van der Waals surface area contributed by atoms with Gasteiger partial charge < -0.3 is 19.4 Å². The number of fused-ring (bicyclic) bond motifs is 1. The fourth-order valence-electron chi connectivity index (χ4n) is 3.88. The molecular weight excluding hydrogens is 484 g/mol. The molecule has 0 spiro atoms. The van der Waals surface area contributed by atoms with Crippen LogP contribution in [-0.4, -0.2) is 34.2 Å². The lowest BCUT2D eigenvalue weighted by Crippen LogP contribution is -2.11. The lowest BCUT2D eigenvalue weighted by molar-refractivity contribution is 0.0527. The van der Waals surface area contributed by atoms with Gasteiger partial charge >= 0.3 is 5.97 Å². The van der Waals surface area contributed by atoms with Gasteiger partial charge in [-0.3, -0.25) is 4.98 Å². The van der Waals surface area contributed by atoms with Crippen molar-refractivity contribution in [1.82, 2.24) is 14.5 Å². The van der Waals surface area contributed by atoms with E-state index < -0.39 is 5.97 Å². The van der Waals surface area contributed by atoms with Crippen LogP contribution in [0.3, 0.4) is 0 Å². The number of ether oxygens (including phenoxy) is 2. The molecule has 0 radical (unpaired) electrons. The first kappa shape index (κ1) is 22.8. The van der Waals surface area contributed by atoms with Crippen LogP contribution >= 0.6 is 15.9 Å². The van der Waals surface area contributed by atoms with Gasteiger partial charge in [-0.25, -0.2) is 9.78 Å². The largest absolute Gasteiger partial charge is 0.495 e. The molecule has 33 heavy (non-hydrogen) atoms. The second kappa shape index (κ2) is 10.0. The number of rotatable bonds is 8. The fourth-order valence-corrected chi connectivity index (χ4v) is 4.38. The number of nitrogens with one attached hydrogen (secondary N) is 1. The number of carbonyl (C=O) groups is 1. The Labute approximate surface area is 200 Å². The molecule has 8 heteroatoms. The Kier molecular flexibility index (Phi) is 6.93. The van der Waals surface area contributed by atoms with Gasteiger partial charge in [0.2, 0.25) is 0 Å². The van der Waals surface area contributed by atoms with Crippen LogP contribution in [0.4, 0.5) is 11.4 Å². The monoisotopic (exact) mass is 508 g/mol. The van der Waals surface area contributed by atoms with Crippen molar-refractivity contribution in [1.29, 1.82) is 0 Å². The van der Waals surface area contributed by atoms with Crippen molar-refractivity contribution in [2.75, 3.05) is 19.0 Å². The quantitative estimate of drug-likeness (QED) is 0.306. The highest BCUT2D eigenvalue weighted by Crippen LogP contribution is 2.37. The minimum Gasteiger partial charge on any atom is -0.495 e. The topological polar surface area (TPSA) is 78.3 Å². The number of nitrogens with zero attached hydrogens (tertiary/aromatic N) is 3. The van der Waals surface area contributed by atoms with Crippen molar-refractivity contribution in [2.45, 2.75) is 26.8 Å². The molecule has 4 aromatic rings. The minimum absolute atomic E-state index is 0.281. The summed E-state index contributed by atoms with van der Waals surface area (Å²) in [4.78, 5) is 21.4. The molecule has 0 fully saturated rings. The second-order valence-corrected chi connectivity index (χ2v) is 8.28. The van der Waals surface area contributed by atoms with Crippen LogP contribution < -0.4 is 10.1 Å². The number of imidazole rings is 1. The van der Waals surface area contributed by atoms with E-state index in [9.17, 15) is 4.79 Å². The van der Waals surface area contributed by atoms with Gasteiger partial charge in [0.1, 0.15) is 11.3 Å². The number of hydrogen-bond acceptors (Lipinski definition) is 6. The van der Waals surface area contributed by atoms with Crippen LogP contribution in [0.1, 0.15) is 35.3 Å². The zero-order valence-electron chi connectivity index (χ0n) is 18.8. The maximum absolute atomic E-state index is 12.8. The van der Waals surface area contributed by atoms with Gasteiger partial charge in [-0.2, -0.15) is 0 Å². The van der Waals surface area contributed by atoms with Crippen molar-refractivity contribution in [3.05, 3.63) is 76.4 Å². The van der Waals surface area contributed by atoms with E-state index in [0.717, 1.165) is 22.0 Å². The van der Waals surface area contributed by atoms with Crippen LogP contribution in [0.5, 0.6) is 5.75 Å². The van der Waals surface area contributed by atoms with E-state index in [-0.39, 0.29) is 6.61 Å². The Morgan fingerprint density at radius 1 is 1.24 bits per heavy atom. The van der Waals surface area contributed by atoms with E-state index >= 15 is 0 Å². The van der Waals surface area contributed by atoms with E-state index in [1.165, 1.54) is 11.1 Å². The lowest BCUT2D eigenvalue weighted by atomic mass is 10.0. The molecule has 0 aliphatic carbocycles. The van der Waals surface area contributed by atoms with E-state index in [4.69, 9.17) is 9.47 Å². The number of aromatic nitrogens is 3. The Bertz CT molecular complexity index is 1290. The Hall–Kier alpha value is -3.39. The molecule has 2 aromatic heterocycles. The highest BCUT2D eigenvalue weighted by Gasteiger charge is 2.20. The molecule has 0 saturated carbocycles. The first-order valence-electron chi connectivity index (χ1n) is 10.7. The standard InChI is InChI=1S/C25H25BrN4O3/c1-4-17-16(14-30-10-9-27-15-30)7-6-8-21(17)29-24-18-11-20(26)23(32-3)12-22(18)28-13-19(24)25(31)33-5-2/h6-13,15H,4-5,14H2,1-3H3,(H,28,29). The summed E-state index contributed by atoms with van der Waals surface area (Å²) in [5.74, 6) is 0.246. The van der Waals surface area contributed by atoms with Crippen molar-refractivity contribution < 1.29 is 14.3 Å². The van der Waals surface area contributed by atoms with Crippen LogP contribution in [0.15, 0.2) is 59.7 Å². The molecule has 0 atom stereocenters. The Balaban J connectivity index is 1.85. The van der Waals surface area contributed by atoms with Crippen molar-refractivity contribution >= 4 is 44.2 Å². The molecule has 0 unspecified atom stereocenters. The molecule has 0 aliphatic heterocycles. The van der Waals surface area contributed by atoms with E-state index in [1.807, 2.05) is 35.0 Å². The van der Waals surface area contributed by atoms with E-state index in [1.54, 1.807) is 32.8 Å². The maximum atomic E-state index is 12.8. The molecule has 1 N–H and O–H groups in total.